The smallest absolute Gasteiger partial charge is 0.137 e. The zero-order chi connectivity index (χ0) is 13.1. The molecule has 1 nitrogen and oxygen atoms in total. The molecule has 0 radical (unpaired) electrons. The first kappa shape index (κ1) is 14.5. The highest BCUT2D eigenvalue weighted by Crippen LogP contribution is 2.35. The van der Waals surface area contributed by atoms with Gasteiger partial charge in [-0.15, -0.1) is 34.8 Å². The van der Waals surface area contributed by atoms with E-state index in [1.165, 1.54) is 18.4 Å². The molecule has 100 valence electrons. The fourth-order valence-electron chi connectivity index (χ4n) is 2.54. The van der Waals surface area contributed by atoms with E-state index >= 15 is 0 Å². The minimum atomic E-state index is -0.825. The molecular weight excluding hydrogens is 291 g/mol. The lowest BCUT2D eigenvalue weighted by atomic mass is 9.83. The van der Waals surface area contributed by atoms with Crippen molar-refractivity contribution in [2.75, 3.05) is 0 Å². The lowest BCUT2D eigenvalue weighted by molar-refractivity contribution is 0.193. The Morgan fingerprint density at radius 1 is 1.11 bits per heavy atom. The average molecular weight is 308 g/mol. The van der Waals surface area contributed by atoms with Gasteiger partial charge in [0.15, 0.2) is 0 Å². The van der Waals surface area contributed by atoms with Crippen LogP contribution in [0, 0.1) is 0 Å². The monoisotopic (exact) mass is 306 g/mol. The van der Waals surface area contributed by atoms with E-state index in [-0.39, 0.29) is 0 Å². The standard InChI is InChI=1S/C14H17Cl3O/c15-12-3-1-2-11(8-12)9-4-6-10(7-5-9)13(18)14(16)17/h4-7,11-14,18H,1-3,8H2. The molecule has 4 heteroatoms. The first-order valence-electron chi connectivity index (χ1n) is 6.28. The van der Waals surface area contributed by atoms with E-state index < -0.39 is 10.9 Å². The van der Waals surface area contributed by atoms with Crippen LogP contribution in [0.3, 0.4) is 0 Å². The number of benzene rings is 1. The molecule has 0 saturated heterocycles. The SMILES string of the molecule is OC(c1ccc(C2CCCC(Cl)C2)cc1)C(Cl)Cl. The minimum Gasteiger partial charge on any atom is -0.386 e. The molecule has 0 aliphatic heterocycles. The number of halogens is 3. The van der Waals surface area contributed by atoms with Crippen LogP contribution in [-0.2, 0) is 0 Å². The van der Waals surface area contributed by atoms with E-state index in [0.717, 1.165) is 18.4 Å². The minimum absolute atomic E-state index is 0.295. The lowest BCUT2D eigenvalue weighted by Gasteiger charge is -2.26. The Hall–Kier alpha value is 0.0500. The number of aliphatic hydroxyl groups excluding tert-OH is 1. The van der Waals surface area contributed by atoms with Crippen LogP contribution in [0.25, 0.3) is 0 Å². The van der Waals surface area contributed by atoms with Crippen molar-refractivity contribution in [1.29, 1.82) is 0 Å². The molecule has 3 unspecified atom stereocenters. The molecule has 0 spiro atoms. The summed E-state index contributed by atoms with van der Waals surface area (Å²) in [5.74, 6) is 0.537. The maximum atomic E-state index is 9.76. The third kappa shape index (κ3) is 3.54. The fraction of sp³-hybridized carbons (Fsp3) is 0.571. The lowest BCUT2D eigenvalue weighted by Crippen LogP contribution is -2.14. The van der Waals surface area contributed by atoms with Crippen molar-refractivity contribution in [1.82, 2.24) is 0 Å². The Morgan fingerprint density at radius 3 is 2.33 bits per heavy atom. The molecule has 1 aliphatic rings. The van der Waals surface area contributed by atoms with Gasteiger partial charge in [0, 0.05) is 5.38 Å². The van der Waals surface area contributed by atoms with Gasteiger partial charge in [0.05, 0.1) is 0 Å². The molecule has 0 heterocycles. The van der Waals surface area contributed by atoms with Gasteiger partial charge in [-0.05, 0) is 36.3 Å². The van der Waals surface area contributed by atoms with Crippen LogP contribution in [0.15, 0.2) is 24.3 Å². The summed E-state index contributed by atoms with van der Waals surface area (Å²) in [7, 11) is 0. The summed E-state index contributed by atoms with van der Waals surface area (Å²) in [6.07, 6.45) is 3.72. The van der Waals surface area contributed by atoms with Gasteiger partial charge < -0.3 is 5.11 Å². The van der Waals surface area contributed by atoms with Gasteiger partial charge in [0.2, 0.25) is 0 Å². The van der Waals surface area contributed by atoms with Crippen LogP contribution in [0.4, 0.5) is 0 Å². The van der Waals surface area contributed by atoms with Crippen molar-refractivity contribution >= 4 is 34.8 Å². The Labute approximate surface area is 123 Å². The third-order valence-electron chi connectivity index (χ3n) is 3.60. The van der Waals surface area contributed by atoms with Crippen LogP contribution in [-0.4, -0.2) is 15.3 Å². The molecule has 1 aliphatic carbocycles. The molecule has 1 fully saturated rings. The zero-order valence-electron chi connectivity index (χ0n) is 10.0. The molecule has 1 aromatic rings. The third-order valence-corrected chi connectivity index (χ3v) is 4.47. The van der Waals surface area contributed by atoms with Gasteiger partial charge in [-0.3, -0.25) is 0 Å². The molecule has 2 rings (SSSR count). The van der Waals surface area contributed by atoms with Gasteiger partial charge in [0.25, 0.3) is 0 Å². The highest BCUT2D eigenvalue weighted by Gasteiger charge is 2.22. The number of aliphatic hydroxyl groups is 1. The van der Waals surface area contributed by atoms with E-state index in [1.54, 1.807) is 0 Å². The maximum Gasteiger partial charge on any atom is 0.137 e. The molecule has 3 atom stereocenters. The van der Waals surface area contributed by atoms with Gasteiger partial charge in [-0.2, -0.15) is 0 Å². The van der Waals surface area contributed by atoms with Crippen molar-refractivity contribution in [2.45, 2.75) is 47.9 Å². The number of alkyl halides is 3. The number of hydrogen-bond acceptors (Lipinski definition) is 1. The first-order chi connectivity index (χ1) is 8.58. The summed E-state index contributed by atoms with van der Waals surface area (Å²) in [5, 5.41) is 10.1. The van der Waals surface area contributed by atoms with E-state index in [0.29, 0.717) is 11.3 Å². The van der Waals surface area contributed by atoms with Crippen molar-refractivity contribution < 1.29 is 5.11 Å². The van der Waals surface area contributed by atoms with Crippen molar-refractivity contribution in [3.05, 3.63) is 35.4 Å². The highest BCUT2D eigenvalue weighted by molar-refractivity contribution is 6.44. The normalized spacial score (nSPS) is 26.3. The number of hydrogen-bond donors (Lipinski definition) is 1. The average Bonchev–Trinajstić information content (AvgIpc) is 2.38. The summed E-state index contributed by atoms with van der Waals surface area (Å²) in [6, 6.07) is 7.90. The van der Waals surface area contributed by atoms with E-state index in [9.17, 15) is 5.11 Å². The van der Waals surface area contributed by atoms with Crippen LogP contribution in [0.1, 0.15) is 48.8 Å². The summed E-state index contributed by atoms with van der Waals surface area (Å²) in [6.45, 7) is 0. The molecule has 1 aromatic carbocycles. The first-order valence-corrected chi connectivity index (χ1v) is 7.59. The molecule has 0 bridgehead atoms. The second-order valence-corrected chi connectivity index (χ2v) is 6.69. The largest absolute Gasteiger partial charge is 0.386 e. The summed E-state index contributed by atoms with van der Waals surface area (Å²) < 4.78 is 0. The fourth-order valence-corrected chi connectivity index (χ4v) is 3.20. The molecule has 0 amide bonds. The predicted molar refractivity (Wildman–Crippen MR) is 77.7 cm³/mol. The molecule has 1 saturated carbocycles. The number of rotatable bonds is 3. The Bertz CT molecular complexity index is 377. The quantitative estimate of drug-likeness (QED) is 0.796. The maximum absolute atomic E-state index is 9.76. The summed E-state index contributed by atoms with van der Waals surface area (Å²) in [5.41, 5.74) is 2.05. The van der Waals surface area contributed by atoms with E-state index in [2.05, 4.69) is 0 Å². The Kier molecular flexibility index (Phi) is 5.20. The van der Waals surface area contributed by atoms with Crippen molar-refractivity contribution in [3.63, 3.8) is 0 Å². The summed E-state index contributed by atoms with van der Waals surface area (Å²) in [4.78, 5) is -0.794. The molecule has 0 aromatic heterocycles. The van der Waals surface area contributed by atoms with E-state index in [1.807, 2.05) is 24.3 Å². The predicted octanol–water partition coefficient (Wildman–Crippen LogP) is 4.79. The van der Waals surface area contributed by atoms with Crippen molar-refractivity contribution in [3.8, 4) is 0 Å². The summed E-state index contributed by atoms with van der Waals surface area (Å²) >= 11 is 17.5. The second-order valence-electron chi connectivity index (χ2n) is 4.91. The highest BCUT2D eigenvalue weighted by atomic mass is 35.5. The van der Waals surface area contributed by atoms with E-state index in [4.69, 9.17) is 34.8 Å². The van der Waals surface area contributed by atoms with Gasteiger partial charge in [-0.25, -0.2) is 0 Å². The molecule has 18 heavy (non-hydrogen) atoms. The Balaban J connectivity index is 2.07. The van der Waals surface area contributed by atoms with Crippen LogP contribution >= 0.6 is 34.8 Å². The van der Waals surface area contributed by atoms with Crippen LogP contribution in [0.5, 0.6) is 0 Å². The van der Waals surface area contributed by atoms with Crippen LogP contribution < -0.4 is 0 Å². The van der Waals surface area contributed by atoms with Gasteiger partial charge >= 0.3 is 0 Å². The van der Waals surface area contributed by atoms with Crippen molar-refractivity contribution in [2.24, 2.45) is 0 Å². The van der Waals surface area contributed by atoms with Crippen LogP contribution in [0.2, 0.25) is 0 Å². The Morgan fingerprint density at radius 2 is 1.78 bits per heavy atom. The topological polar surface area (TPSA) is 20.2 Å². The van der Waals surface area contributed by atoms with Gasteiger partial charge in [0.1, 0.15) is 10.9 Å². The molecular formula is C14H17Cl3O. The second kappa shape index (κ2) is 6.47. The zero-order valence-corrected chi connectivity index (χ0v) is 12.3. The molecule has 1 N–H and O–H groups in total. The van der Waals surface area contributed by atoms with Gasteiger partial charge in [-0.1, -0.05) is 30.7 Å².